The molecule has 0 spiro atoms. The van der Waals surface area contributed by atoms with E-state index < -0.39 is 17.4 Å². The molecule has 0 aliphatic rings. The van der Waals surface area contributed by atoms with E-state index in [9.17, 15) is 19.8 Å². The van der Waals surface area contributed by atoms with Crippen molar-refractivity contribution in [1.29, 1.82) is 0 Å². The van der Waals surface area contributed by atoms with E-state index in [2.05, 4.69) is 0 Å². The SMILES string of the molecule is CC(C(=O)CC(C)(C)O)c1cc(CC(N)=O)ccc1O. The lowest BCUT2D eigenvalue weighted by atomic mass is 9.88. The molecule has 4 N–H and O–H groups in total. The van der Waals surface area contributed by atoms with Crippen molar-refractivity contribution in [1.82, 2.24) is 0 Å². The van der Waals surface area contributed by atoms with Gasteiger partial charge >= 0.3 is 0 Å². The zero-order chi connectivity index (χ0) is 15.5. The van der Waals surface area contributed by atoms with Gasteiger partial charge in [-0.15, -0.1) is 0 Å². The van der Waals surface area contributed by atoms with Crippen molar-refractivity contribution in [3.63, 3.8) is 0 Å². The van der Waals surface area contributed by atoms with E-state index in [4.69, 9.17) is 5.73 Å². The van der Waals surface area contributed by atoms with Crippen LogP contribution in [-0.2, 0) is 16.0 Å². The molecular formula is C15H21NO4. The quantitative estimate of drug-likeness (QED) is 0.729. The van der Waals surface area contributed by atoms with Crippen LogP contribution < -0.4 is 5.73 Å². The fourth-order valence-electron chi connectivity index (χ4n) is 2.01. The predicted octanol–water partition coefficient (Wildman–Crippen LogP) is 1.25. The third kappa shape index (κ3) is 4.66. The normalized spacial score (nSPS) is 13.0. The van der Waals surface area contributed by atoms with E-state index in [0.29, 0.717) is 11.1 Å². The van der Waals surface area contributed by atoms with Gasteiger partial charge in [0.15, 0.2) is 0 Å². The molecule has 1 amide bonds. The summed E-state index contributed by atoms with van der Waals surface area (Å²) in [7, 11) is 0. The van der Waals surface area contributed by atoms with Crippen LogP contribution in [0.2, 0.25) is 0 Å². The van der Waals surface area contributed by atoms with E-state index in [0.717, 1.165) is 0 Å². The van der Waals surface area contributed by atoms with Crippen molar-refractivity contribution in [2.75, 3.05) is 0 Å². The lowest BCUT2D eigenvalue weighted by Gasteiger charge is -2.20. The van der Waals surface area contributed by atoms with Crippen LogP contribution in [0.1, 0.15) is 44.2 Å². The highest BCUT2D eigenvalue weighted by molar-refractivity contribution is 5.87. The van der Waals surface area contributed by atoms with Crippen molar-refractivity contribution in [3.8, 4) is 5.75 Å². The summed E-state index contributed by atoms with van der Waals surface area (Å²) >= 11 is 0. The number of ketones is 1. The summed E-state index contributed by atoms with van der Waals surface area (Å²) in [6.45, 7) is 4.78. The Morgan fingerprint density at radius 2 is 1.95 bits per heavy atom. The van der Waals surface area contributed by atoms with Crippen LogP contribution in [0, 0.1) is 0 Å². The largest absolute Gasteiger partial charge is 0.508 e. The molecule has 5 nitrogen and oxygen atoms in total. The first kappa shape index (κ1) is 16.2. The zero-order valence-corrected chi connectivity index (χ0v) is 12.0. The lowest BCUT2D eigenvalue weighted by Crippen LogP contribution is -2.26. The number of hydrogen-bond acceptors (Lipinski definition) is 4. The molecule has 1 aromatic carbocycles. The minimum Gasteiger partial charge on any atom is -0.508 e. The van der Waals surface area contributed by atoms with Crippen molar-refractivity contribution >= 4 is 11.7 Å². The van der Waals surface area contributed by atoms with Crippen LogP contribution in [-0.4, -0.2) is 27.5 Å². The highest BCUT2D eigenvalue weighted by Gasteiger charge is 2.25. The molecule has 1 atom stereocenters. The smallest absolute Gasteiger partial charge is 0.221 e. The number of carbonyl (C=O) groups excluding carboxylic acids is 2. The second kappa shape index (κ2) is 6.05. The maximum absolute atomic E-state index is 12.1. The number of carbonyl (C=O) groups is 2. The highest BCUT2D eigenvalue weighted by Crippen LogP contribution is 2.29. The molecule has 0 aliphatic heterocycles. The number of phenols is 1. The van der Waals surface area contributed by atoms with Crippen LogP contribution in [0.25, 0.3) is 0 Å². The maximum atomic E-state index is 12.1. The van der Waals surface area contributed by atoms with Gasteiger partial charge in [-0.1, -0.05) is 19.1 Å². The van der Waals surface area contributed by atoms with Gasteiger partial charge in [0.05, 0.1) is 12.0 Å². The first-order valence-corrected chi connectivity index (χ1v) is 6.45. The minimum absolute atomic E-state index is 0.00480. The van der Waals surface area contributed by atoms with Crippen LogP contribution in [0.3, 0.4) is 0 Å². The third-order valence-corrected chi connectivity index (χ3v) is 3.03. The number of benzene rings is 1. The summed E-state index contributed by atoms with van der Waals surface area (Å²) in [6.07, 6.45) is 0.0489. The Morgan fingerprint density at radius 3 is 2.45 bits per heavy atom. The molecule has 0 aromatic heterocycles. The number of nitrogens with two attached hydrogens (primary N) is 1. The number of phenolic OH excluding ortho intramolecular Hbond substituents is 1. The summed E-state index contributed by atoms with van der Waals surface area (Å²) in [5.74, 6) is -1.22. The Labute approximate surface area is 118 Å². The van der Waals surface area contributed by atoms with E-state index in [-0.39, 0.29) is 24.4 Å². The molecule has 0 heterocycles. The first-order chi connectivity index (χ1) is 9.10. The summed E-state index contributed by atoms with van der Waals surface area (Å²) in [5.41, 5.74) is 5.13. The van der Waals surface area contributed by atoms with Gasteiger partial charge in [0.2, 0.25) is 5.91 Å². The second-order valence-electron chi connectivity index (χ2n) is 5.71. The molecule has 110 valence electrons. The molecule has 5 heteroatoms. The number of hydrogen-bond donors (Lipinski definition) is 3. The van der Waals surface area contributed by atoms with Crippen molar-refractivity contribution in [2.45, 2.75) is 45.1 Å². The van der Waals surface area contributed by atoms with E-state index >= 15 is 0 Å². The van der Waals surface area contributed by atoms with E-state index in [1.54, 1.807) is 32.9 Å². The summed E-state index contributed by atoms with van der Waals surface area (Å²) in [4.78, 5) is 23.0. The fourth-order valence-corrected chi connectivity index (χ4v) is 2.01. The molecule has 1 unspecified atom stereocenters. The van der Waals surface area contributed by atoms with E-state index in [1.165, 1.54) is 6.07 Å². The van der Waals surface area contributed by atoms with Gasteiger partial charge in [-0.05, 0) is 25.5 Å². The fraction of sp³-hybridized carbons (Fsp3) is 0.467. The topological polar surface area (TPSA) is 101 Å². The van der Waals surface area contributed by atoms with Gasteiger partial charge < -0.3 is 15.9 Å². The van der Waals surface area contributed by atoms with Crippen molar-refractivity contribution in [3.05, 3.63) is 29.3 Å². The number of rotatable bonds is 6. The Kier molecular flexibility index (Phi) is 4.89. The summed E-state index contributed by atoms with van der Waals surface area (Å²) < 4.78 is 0. The molecule has 0 saturated carbocycles. The molecule has 0 radical (unpaired) electrons. The van der Waals surface area contributed by atoms with Crippen LogP contribution in [0.5, 0.6) is 5.75 Å². The van der Waals surface area contributed by atoms with Crippen LogP contribution in [0.4, 0.5) is 0 Å². The standard InChI is InChI=1S/C15H21NO4/c1-9(13(18)8-15(2,3)20)11-6-10(7-14(16)19)4-5-12(11)17/h4-6,9,17,20H,7-8H2,1-3H3,(H2,16,19). The Balaban J connectivity index is 2.99. The van der Waals surface area contributed by atoms with Gasteiger partial charge in [0.1, 0.15) is 11.5 Å². The average Bonchev–Trinajstić information content (AvgIpc) is 2.28. The van der Waals surface area contributed by atoms with Gasteiger partial charge in [0.25, 0.3) is 0 Å². The summed E-state index contributed by atoms with van der Waals surface area (Å²) in [5, 5.41) is 19.5. The monoisotopic (exact) mass is 279 g/mol. The number of aromatic hydroxyl groups is 1. The Morgan fingerprint density at radius 1 is 1.35 bits per heavy atom. The van der Waals surface area contributed by atoms with Crippen molar-refractivity contribution < 1.29 is 19.8 Å². The van der Waals surface area contributed by atoms with Crippen LogP contribution >= 0.6 is 0 Å². The zero-order valence-electron chi connectivity index (χ0n) is 12.0. The molecule has 1 aromatic rings. The number of Topliss-reactive ketones (excluding diaryl/α,β-unsaturated/α-hetero) is 1. The summed E-state index contributed by atoms with van der Waals surface area (Å²) in [6, 6.07) is 4.64. The van der Waals surface area contributed by atoms with Gasteiger partial charge in [-0.25, -0.2) is 0 Å². The van der Waals surface area contributed by atoms with Crippen molar-refractivity contribution in [2.24, 2.45) is 5.73 Å². The maximum Gasteiger partial charge on any atom is 0.221 e. The van der Waals surface area contributed by atoms with Gasteiger partial charge in [0, 0.05) is 17.9 Å². The van der Waals surface area contributed by atoms with E-state index in [1.807, 2.05) is 0 Å². The number of amides is 1. The lowest BCUT2D eigenvalue weighted by molar-refractivity contribution is -0.124. The third-order valence-electron chi connectivity index (χ3n) is 3.03. The second-order valence-corrected chi connectivity index (χ2v) is 5.71. The van der Waals surface area contributed by atoms with Gasteiger partial charge in [-0.2, -0.15) is 0 Å². The predicted molar refractivity (Wildman–Crippen MR) is 75.3 cm³/mol. The molecule has 0 fully saturated rings. The Bertz CT molecular complexity index is 517. The number of primary amides is 1. The molecule has 0 aliphatic carbocycles. The molecule has 20 heavy (non-hydrogen) atoms. The molecule has 1 rings (SSSR count). The molecule has 0 saturated heterocycles. The average molecular weight is 279 g/mol. The molecule has 0 bridgehead atoms. The van der Waals surface area contributed by atoms with Crippen LogP contribution in [0.15, 0.2) is 18.2 Å². The highest BCUT2D eigenvalue weighted by atomic mass is 16.3. The van der Waals surface area contributed by atoms with Gasteiger partial charge in [-0.3, -0.25) is 9.59 Å². The molecular weight excluding hydrogens is 258 g/mol. The first-order valence-electron chi connectivity index (χ1n) is 6.45. The Hall–Kier alpha value is -1.88. The number of aliphatic hydroxyl groups is 1. The minimum atomic E-state index is -1.09.